The molecule has 0 saturated carbocycles. The van der Waals surface area contributed by atoms with Gasteiger partial charge in [0, 0.05) is 24.3 Å². The summed E-state index contributed by atoms with van der Waals surface area (Å²) in [6.07, 6.45) is 4.31. The maximum Gasteiger partial charge on any atom is 0.345 e. The van der Waals surface area contributed by atoms with Crippen LogP contribution >= 0.6 is 11.6 Å². The fraction of sp³-hybridized carbons (Fsp3) is 0.333. The first kappa shape index (κ1) is 23.2. The van der Waals surface area contributed by atoms with Crippen LogP contribution in [-0.4, -0.2) is 34.9 Å². The van der Waals surface area contributed by atoms with Gasteiger partial charge < -0.3 is 4.90 Å². The minimum Gasteiger partial charge on any atom is -0.338 e. The fourth-order valence-corrected chi connectivity index (χ4v) is 4.30. The van der Waals surface area contributed by atoms with E-state index in [1.165, 1.54) is 29.2 Å². The summed E-state index contributed by atoms with van der Waals surface area (Å²) in [5.74, 6) is -0.770. The number of hydroxylamine groups is 1. The molecule has 6 nitrogen and oxygen atoms in total. The minimum atomic E-state index is -0.620. The number of nitrogens with zero attached hydrogens (tertiary/aromatic N) is 2. The topological polar surface area (TPSA) is 61.9 Å². The highest BCUT2D eigenvalue weighted by Gasteiger charge is 2.42. The van der Waals surface area contributed by atoms with E-state index in [0.29, 0.717) is 43.1 Å². The molecule has 0 aliphatic carbocycles. The van der Waals surface area contributed by atoms with E-state index in [-0.39, 0.29) is 18.3 Å². The average molecular weight is 476 g/mol. The van der Waals surface area contributed by atoms with Gasteiger partial charge in [0.05, 0.1) is 18.6 Å². The van der Waals surface area contributed by atoms with E-state index in [9.17, 15) is 18.4 Å². The SMILES string of the molecule is CC1(CCONC(=O)N2C=Cc3cc(F)ccc3C2)CCN(Cc2ccc(F)cc2Cl)C1=O. The number of fused-ring (bicyclic) bond motifs is 1. The maximum atomic E-state index is 13.3. The van der Waals surface area contributed by atoms with Gasteiger partial charge in [0.1, 0.15) is 11.6 Å². The predicted octanol–water partition coefficient (Wildman–Crippen LogP) is 4.87. The van der Waals surface area contributed by atoms with Crippen molar-refractivity contribution in [2.24, 2.45) is 5.41 Å². The van der Waals surface area contributed by atoms with E-state index in [4.69, 9.17) is 16.4 Å². The molecule has 2 aliphatic heterocycles. The Morgan fingerprint density at radius 3 is 2.76 bits per heavy atom. The van der Waals surface area contributed by atoms with Gasteiger partial charge in [0.15, 0.2) is 0 Å². The third kappa shape index (κ3) is 5.17. The number of benzene rings is 2. The smallest absolute Gasteiger partial charge is 0.338 e. The lowest BCUT2D eigenvalue weighted by Gasteiger charge is -2.25. The zero-order chi connectivity index (χ0) is 23.6. The maximum absolute atomic E-state index is 13.3. The summed E-state index contributed by atoms with van der Waals surface area (Å²) in [5, 5.41) is 0.293. The molecule has 0 bridgehead atoms. The van der Waals surface area contributed by atoms with Gasteiger partial charge in [0.2, 0.25) is 5.91 Å². The van der Waals surface area contributed by atoms with Gasteiger partial charge in [-0.05, 0) is 59.9 Å². The number of likely N-dealkylation sites (tertiary alicyclic amines) is 1. The van der Waals surface area contributed by atoms with Crippen molar-refractivity contribution in [3.8, 4) is 0 Å². The second-order valence-electron chi connectivity index (χ2n) is 8.57. The van der Waals surface area contributed by atoms with Gasteiger partial charge in [-0.2, -0.15) is 0 Å². The molecule has 1 unspecified atom stereocenters. The number of carbonyl (C=O) groups is 2. The largest absolute Gasteiger partial charge is 0.345 e. The van der Waals surface area contributed by atoms with E-state index in [1.54, 1.807) is 29.3 Å². The quantitative estimate of drug-likeness (QED) is 0.478. The number of carbonyl (C=O) groups excluding carboxylic acids is 2. The van der Waals surface area contributed by atoms with Gasteiger partial charge >= 0.3 is 6.03 Å². The predicted molar refractivity (Wildman–Crippen MR) is 120 cm³/mol. The van der Waals surface area contributed by atoms with E-state index in [2.05, 4.69) is 5.48 Å². The zero-order valence-corrected chi connectivity index (χ0v) is 18.9. The van der Waals surface area contributed by atoms with E-state index >= 15 is 0 Å². The summed E-state index contributed by atoms with van der Waals surface area (Å²) in [6, 6.07) is 8.13. The Kier molecular flexibility index (Phi) is 6.67. The van der Waals surface area contributed by atoms with Gasteiger partial charge in [-0.1, -0.05) is 30.7 Å². The van der Waals surface area contributed by atoms with Gasteiger partial charge in [-0.25, -0.2) is 19.1 Å². The van der Waals surface area contributed by atoms with Crippen molar-refractivity contribution < 1.29 is 23.2 Å². The lowest BCUT2D eigenvalue weighted by atomic mass is 9.85. The third-order valence-corrected chi connectivity index (χ3v) is 6.52. The number of hydrogen-bond donors (Lipinski definition) is 1. The zero-order valence-electron chi connectivity index (χ0n) is 18.1. The number of urea groups is 1. The van der Waals surface area contributed by atoms with Crippen LogP contribution in [0.25, 0.3) is 6.08 Å². The molecular weight excluding hydrogens is 452 g/mol. The molecule has 2 aliphatic rings. The third-order valence-electron chi connectivity index (χ3n) is 6.17. The molecule has 1 fully saturated rings. The Bertz CT molecular complexity index is 1110. The highest BCUT2D eigenvalue weighted by Crippen LogP contribution is 2.36. The molecule has 1 atom stereocenters. The molecule has 2 aromatic rings. The molecule has 3 amide bonds. The molecule has 2 aromatic carbocycles. The molecule has 1 saturated heterocycles. The lowest BCUT2D eigenvalue weighted by molar-refractivity contribution is -0.136. The molecular formula is C24H24ClF2N3O3. The van der Waals surface area contributed by atoms with E-state index in [1.807, 2.05) is 6.92 Å². The van der Waals surface area contributed by atoms with Crippen LogP contribution < -0.4 is 5.48 Å². The second kappa shape index (κ2) is 9.49. The van der Waals surface area contributed by atoms with E-state index < -0.39 is 17.3 Å². The first-order valence-electron chi connectivity index (χ1n) is 10.6. The van der Waals surface area contributed by atoms with Crippen molar-refractivity contribution in [2.75, 3.05) is 13.2 Å². The molecule has 0 aromatic heterocycles. The molecule has 33 heavy (non-hydrogen) atoms. The standard InChI is InChI=1S/C24H24ClF2N3O3/c1-24(7-10-29(22(24)31)15-18-3-5-20(27)13-21(18)25)8-11-33-28-23(32)30-9-6-16-12-19(26)4-2-17(16)14-30/h2-6,9,12-13H,7-8,10-11,14-15H2,1H3,(H,28,32). The Morgan fingerprint density at radius 1 is 1.21 bits per heavy atom. The summed E-state index contributed by atoms with van der Waals surface area (Å²) in [4.78, 5) is 33.8. The lowest BCUT2D eigenvalue weighted by Crippen LogP contribution is -2.38. The van der Waals surface area contributed by atoms with Gasteiger partial charge in [-0.3, -0.25) is 14.5 Å². The summed E-state index contributed by atoms with van der Waals surface area (Å²) >= 11 is 6.09. The number of nitrogens with one attached hydrogen (secondary N) is 1. The number of hydrogen-bond acceptors (Lipinski definition) is 3. The Labute approximate surface area is 195 Å². The van der Waals surface area contributed by atoms with Crippen LogP contribution in [0.2, 0.25) is 5.02 Å². The number of amides is 3. The van der Waals surface area contributed by atoms with Crippen molar-refractivity contribution in [1.82, 2.24) is 15.3 Å². The van der Waals surface area contributed by atoms with Gasteiger partial charge in [-0.15, -0.1) is 0 Å². The molecule has 174 valence electrons. The molecule has 0 radical (unpaired) electrons. The Balaban J connectivity index is 1.24. The summed E-state index contributed by atoms with van der Waals surface area (Å²) < 4.78 is 26.6. The normalized spacial score (nSPS) is 19.7. The van der Waals surface area contributed by atoms with Crippen LogP contribution in [-0.2, 0) is 22.7 Å². The van der Waals surface area contributed by atoms with Crippen molar-refractivity contribution in [1.29, 1.82) is 0 Å². The molecule has 4 rings (SSSR count). The van der Waals surface area contributed by atoms with Gasteiger partial charge in [0.25, 0.3) is 0 Å². The number of halogens is 3. The molecule has 0 spiro atoms. The average Bonchev–Trinajstić information content (AvgIpc) is 3.06. The Hall–Kier alpha value is -2.97. The highest BCUT2D eigenvalue weighted by molar-refractivity contribution is 6.31. The summed E-state index contributed by atoms with van der Waals surface area (Å²) in [5.41, 5.74) is 4.04. The van der Waals surface area contributed by atoms with Crippen molar-refractivity contribution >= 4 is 29.6 Å². The van der Waals surface area contributed by atoms with E-state index in [0.717, 1.165) is 11.1 Å². The van der Waals surface area contributed by atoms with Crippen LogP contribution in [0.15, 0.2) is 42.6 Å². The van der Waals surface area contributed by atoms with Crippen LogP contribution in [0.5, 0.6) is 0 Å². The first-order chi connectivity index (χ1) is 15.7. The fourth-order valence-electron chi connectivity index (χ4n) is 4.07. The minimum absolute atomic E-state index is 0.0272. The van der Waals surface area contributed by atoms with Crippen molar-refractivity contribution in [2.45, 2.75) is 32.9 Å². The van der Waals surface area contributed by atoms with Crippen LogP contribution in [0.3, 0.4) is 0 Å². The van der Waals surface area contributed by atoms with Crippen molar-refractivity contribution in [3.63, 3.8) is 0 Å². The van der Waals surface area contributed by atoms with Crippen LogP contribution in [0.1, 0.15) is 36.5 Å². The molecule has 9 heteroatoms. The first-order valence-corrected chi connectivity index (χ1v) is 11.0. The van der Waals surface area contributed by atoms with Crippen LogP contribution in [0.4, 0.5) is 13.6 Å². The summed E-state index contributed by atoms with van der Waals surface area (Å²) in [7, 11) is 0. The van der Waals surface area contributed by atoms with Crippen molar-refractivity contribution in [3.05, 3.63) is 75.9 Å². The molecule has 2 heterocycles. The molecule has 1 N–H and O–H groups in total. The highest BCUT2D eigenvalue weighted by atomic mass is 35.5. The summed E-state index contributed by atoms with van der Waals surface area (Å²) in [6.45, 7) is 3.22. The van der Waals surface area contributed by atoms with Crippen LogP contribution in [0, 0.1) is 17.0 Å². The monoisotopic (exact) mass is 475 g/mol. The second-order valence-corrected chi connectivity index (χ2v) is 8.97. The number of rotatable bonds is 6. The Morgan fingerprint density at radius 2 is 1.97 bits per heavy atom.